The Labute approximate surface area is 225 Å². The van der Waals surface area contributed by atoms with E-state index < -0.39 is 29.9 Å². The number of fused-ring (bicyclic) bond motifs is 3. The summed E-state index contributed by atoms with van der Waals surface area (Å²) in [4.78, 5) is 56.0. The monoisotopic (exact) mass is 538 g/mol. The molecule has 3 aromatic rings. The number of hydrogen-bond donors (Lipinski definition) is 4. The number of benzene rings is 1. The molecule has 208 valence electrons. The SMILES string of the molecule is Cc1oc2nc1C(=O)N[C@H](C)C(=O)NCCCC[C@H](NC(=O)Cc1noc3ccccc13)C(=O)N[C@H]2C(C)C. The van der Waals surface area contributed by atoms with E-state index in [1.165, 1.54) is 0 Å². The van der Waals surface area contributed by atoms with Gasteiger partial charge < -0.3 is 30.2 Å². The minimum Gasteiger partial charge on any atom is -0.443 e. The second kappa shape index (κ2) is 12.1. The van der Waals surface area contributed by atoms with Crippen LogP contribution in [0.5, 0.6) is 0 Å². The molecule has 1 aromatic carbocycles. The zero-order valence-corrected chi connectivity index (χ0v) is 22.5. The van der Waals surface area contributed by atoms with Crippen LogP contribution >= 0.6 is 0 Å². The van der Waals surface area contributed by atoms with Crippen LogP contribution < -0.4 is 21.3 Å². The topological polar surface area (TPSA) is 168 Å². The largest absolute Gasteiger partial charge is 0.443 e. The number of amides is 4. The Balaban J connectivity index is 1.56. The Morgan fingerprint density at radius 2 is 1.90 bits per heavy atom. The lowest BCUT2D eigenvalue weighted by molar-refractivity contribution is -0.129. The minimum atomic E-state index is -0.849. The van der Waals surface area contributed by atoms with Gasteiger partial charge >= 0.3 is 0 Å². The van der Waals surface area contributed by atoms with E-state index in [-0.39, 0.29) is 41.5 Å². The highest BCUT2D eigenvalue weighted by Gasteiger charge is 2.31. The summed E-state index contributed by atoms with van der Waals surface area (Å²) in [7, 11) is 0. The molecule has 1 aliphatic rings. The van der Waals surface area contributed by atoms with Gasteiger partial charge in [-0.25, -0.2) is 4.98 Å². The van der Waals surface area contributed by atoms with Crippen molar-refractivity contribution in [1.29, 1.82) is 0 Å². The number of rotatable bonds is 4. The molecule has 0 radical (unpaired) electrons. The molecule has 3 atom stereocenters. The molecule has 0 saturated carbocycles. The van der Waals surface area contributed by atoms with E-state index in [0.29, 0.717) is 37.1 Å². The number of aryl methyl sites for hydroxylation is 1. The van der Waals surface area contributed by atoms with Crippen molar-refractivity contribution in [1.82, 2.24) is 31.4 Å². The summed E-state index contributed by atoms with van der Waals surface area (Å²) < 4.78 is 11.1. The van der Waals surface area contributed by atoms with Crippen LogP contribution in [0.4, 0.5) is 0 Å². The predicted octanol–water partition coefficient (Wildman–Crippen LogP) is 2.08. The van der Waals surface area contributed by atoms with E-state index in [4.69, 9.17) is 8.94 Å². The second-order valence-corrected chi connectivity index (χ2v) is 10.1. The summed E-state index contributed by atoms with van der Waals surface area (Å²) >= 11 is 0. The van der Waals surface area contributed by atoms with Gasteiger partial charge in [-0.05, 0) is 51.2 Å². The fourth-order valence-electron chi connectivity index (χ4n) is 4.43. The average molecular weight is 539 g/mol. The fourth-order valence-corrected chi connectivity index (χ4v) is 4.43. The van der Waals surface area contributed by atoms with Crippen molar-refractivity contribution in [3.8, 4) is 0 Å². The number of hydrogen-bond acceptors (Lipinski definition) is 8. The number of aromatic nitrogens is 2. The molecular weight excluding hydrogens is 504 g/mol. The van der Waals surface area contributed by atoms with E-state index in [1.807, 2.05) is 32.0 Å². The molecule has 2 aromatic heterocycles. The van der Waals surface area contributed by atoms with Crippen LogP contribution in [0.15, 0.2) is 33.2 Å². The summed E-state index contributed by atoms with van der Waals surface area (Å²) in [6.07, 6.45) is 1.42. The van der Waals surface area contributed by atoms with Gasteiger partial charge in [-0.1, -0.05) is 31.1 Å². The Bertz CT molecular complexity index is 1360. The first-order valence-electron chi connectivity index (χ1n) is 13.1. The number of carbonyl (C=O) groups is 4. The molecule has 0 aliphatic carbocycles. The second-order valence-electron chi connectivity index (χ2n) is 10.1. The Morgan fingerprint density at radius 1 is 1.13 bits per heavy atom. The lowest BCUT2D eigenvalue weighted by Gasteiger charge is -2.24. The first-order chi connectivity index (χ1) is 18.6. The van der Waals surface area contributed by atoms with Crippen molar-refractivity contribution < 1.29 is 28.1 Å². The number of oxazole rings is 1. The molecule has 2 bridgehead atoms. The molecule has 0 spiro atoms. The lowest BCUT2D eigenvalue weighted by atomic mass is 10.0. The van der Waals surface area contributed by atoms with Crippen molar-refractivity contribution >= 4 is 34.6 Å². The highest BCUT2D eigenvalue weighted by atomic mass is 16.5. The van der Waals surface area contributed by atoms with Gasteiger partial charge in [0.25, 0.3) is 5.91 Å². The number of nitrogens with one attached hydrogen (secondary N) is 4. The zero-order chi connectivity index (χ0) is 28.1. The fraction of sp³-hybridized carbons (Fsp3) is 0.481. The van der Waals surface area contributed by atoms with Crippen LogP contribution in [-0.4, -0.2) is 52.4 Å². The third-order valence-corrected chi connectivity index (χ3v) is 6.65. The molecule has 12 heteroatoms. The number of nitrogens with zero attached hydrogens (tertiary/aromatic N) is 2. The van der Waals surface area contributed by atoms with Crippen molar-refractivity contribution in [3.63, 3.8) is 0 Å². The van der Waals surface area contributed by atoms with Gasteiger partial charge in [0.1, 0.15) is 29.6 Å². The summed E-state index contributed by atoms with van der Waals surface area (Å²) in [6, 6.07) is 4.97. The van der Waals surface area contributed by atoms with Gasteiger partial charge in [0.05, 0.1) is 6.42 Å². The molecule has 4 N–H and O–H groups in total. The highest BCUT2D eigenvalue weighted by Crippen LogP contribution is 2.24. The molecular formula is C27H34N6O6. The van der Waals surface area contributed by atoms with E-state index in [9.17, 15) is 19.2 Å². The van der Waals surface area contributed by atoms with Crippen molar-refractivity contribution in [3.05, 3.63) is 47.3 Å². The van der Waals surface area contributed by atoms with Crippen molar-refractivity contribution in [2.45, 2.75) is 71.5 Å². The van der Waals surface area contributed by atoms with E-state index in [1.54, 1.807) is 19.9 Å². The third-order valence-electron chi connectivity index (χ3n) is 6.65. The molecule has 3 heterocycles. The molecule has 39 heavy (non-hydrogen) atoms. The maximum Gasteiger partial charge on any atom is 0.274 e. The van der Waals surface area contributed by atoms with Gasteiger partial charge in [0.15, 0.2) is 11.3 Å². The highest BCUT2D eigenvalue weighted by molar-refractivity contribution is 5.96. The first kappa shape index (κ1) is 27.8. The average Bonchev–Trinajstić information content (AvgIpc) is 3.48. The third kappa shape index (κ3) is 6.62. The van der Waals surface area contributed by atoms with Crippen LogP contribution in [0.25, 0.3) is 11.0 Å². The maximum atomic E-state index is 13.5. The van der Waals surface area contributed by atoms with Gasteiger partial charge in [-0.3, -0.25) is 19.2 Å². The number of carbonyl (C=O) groups excluding carboxylic acids is 4. The van der Waals surface area contributed by atoms with Gasteiger partial charge in [-0.15, -0.1) is 0 Å². The predicted molar refractivity (Wildman–Crippen MR) is 140 cm³/mol. The van der Waals surface area contributed by atoms with Crippen LogP contribution in [0.1, 0.15) is 73.9 Å². The Morgan fingerprint density at radius 3 is 2.67 bits per heavy atom. The van der Waals surface area contributed by atoms with Crippen molar-refractivity contribution in [2.75, 3.05) is 6.54 Å². The van der Waals surface area contributed by atoms with Crippen LogP contribution in [0.3, 0.4) is 0 Å². The normalized spacial score (nSPS) is 21.4. The molecule has 12 nitrogen and oxygen atoms in total. The van der Waals surface area contributed by atoms with Gasteiger partial charge in [-0.2, -0.15) is 0 Å². The quantitative estimate of drug-likeness (QED) is 0.391. The summed E-state index contributed by atoms with van der Waals surface area (Å²) in [5.41, 5.74) is 1.10. The molecule has 0 saturated heterocycles. The molecule has 4 rings (SSSR count). The van der Waals surface area contributed by atoms with Crippen molar-refractivity contribution in [2.24, 2.45) is 5.92 Å². The Kier molecular flexibility index (Phi) is 8.62. The maximum absolute atomic E-state index is 13.5. The summed E-state index contributed by atoms with van der Waals surface area (Å²) in [6.45, 7) is 7.32. The molecule has 4 amide bonds. The van der Waals surface area contributed by atoms with Crippen LogP contribution in [0, 0.1) is 12.8 Å². The summed E-state index contributed by atoms with van der Waals surface area (Å²) in [5, 5.41) is 15.9. The van der Waals surface area contributed by atoms with Crippen LogP contribution in [0.2, 0.25) is 0 Å². The van der Waals surface area contributed by atoms with E-state index in [0.717, 1.165) is 5.39 Å². The van der Waals surface area contributed by atoms with Crippen LogP contribution in [-0.2, 0) is 20.8 Å². The molecule has 0 unspecified atom stereocenters. The molecule has 1 aliphatic heterocycles. The van der Waals surface area contributed by atoms with Gasteiger partial charge in [0.2, 0.25) is 23.6 Å². The van der Waals surface area contributed by atoms with E-state index >= 15 is 0 Å². The lowest BCUT2D eigenvalue weighted by Crippen LogP contribution is -2.49. The smallest absolute Gasteiger partial charge is 0.274 e. The molecule has 0 fully saturated rings. The zero-order valence-electron chi connectivity index (χ0n) is 22.5. The minimum absolute atomic E-state index is 0.0429. The Hall–Kier alpha value is -4.22. The summed E-state index contributed by atoms with van der Waals surface area (Å²) in [5.74, 6) is -1.36. The number of para-hydroxylation sites is 1. The first-order valence-corrected chi connectivity index (χ1v) is 13.1. The van der Waals surface area contributed by atoms with E-state index in [2.05, 4.69) is 31.4 Å². The standard InChI is InChI=1S/C27H34N6O6/c1-14(2)22-27-32-23(16(4)38-27)26(37)29-15(3)24(35)28-12-8-7-10-18(25(36)31-22)30-21(34)13-19-17-9-5-6-11-20(17)39-33-19/h5-6,9,11,14-15,18,22H,7-8,10,12-13H2,1-4H3,(H,28,35)(H,29,37)(H,30,34)(H,31,36)/t15-,18+,22+/m1/s1. The van der Waals surface area contributed by atoms with Gasteiger partial charge in [0, 0.05) is 11.9 Å².